The van der Waals surface area contributed by atoms with Gasteiger partial charge in [0.15, 0.2) is 0 Å². The third-order valence-electron chi connectivity index (χ3n) is 2.65. The standard InChI is InChI=1S/C11H12O/c1-8(12)10-7-6-9-4-2-3-5-11(9)10/h2-7,9-11H,1H3/t9-,10-,11-/m0/s1. The third-order valence-corrected chi connectivity index (χ3v) is 2.65. The van der Waals surface area contributed by atoms with Crippen molar-refractivity contribution in [3.63, 3.8) is 0 Å². The molecule has 0 radical (unpaired) electrons. The quantitative estimate of drug-likeness (QED) is 0.537. The molecule has 0 N–H and O–H groups in total. The highest BCUT2D eigenvalue weighted by Crippen LogP contribution is 2.35. The van der Waals surface area contributed by atoms with Gasteiger partial charge < -0.3 is 0 Å². The molecule has 0 aromatic carbocycles. The predicted molar refractivity (Wildman–Crippen MR) is 48.6 cm³/mol. The molecule has 0 fully saturated rings. The number of fused-ring (bicyclic) bond motifs is 1. The Morgan fingerprint density at radius 3 is 2.58 bits per heavy atom. The monoisotopic (exact) mass is 160 g/mol. The number of hydrogen-bond acceptors (Lipinski definition) is 1. The van der Waals surface area contributed by atoms with E-state index in [1.807, 2.05) is 18.2 Å². The maximum absolute atomic E-state index is 11.2. The Morgan fingerprint density at radius 2 is 1.83 bits per heavy atom. The van der Waals surface area contributed by atoms with Gasteiger partial charge in [0.1, 0.15) is 5.78 Å². The van der Waals surface area contributed by atoms with Crippen molar-refractivity contribution in [2.24, 2.45) is 17.8 Å². The topological polar surface area (TPSA) is 17.1 Å². The summed E-state index contributed by atoms with van der Waals surface area (Å²) in [6.45, 7) is 1.67. The summed E-state index contributed by atoms with van der Waals surface area (Å²) in [5, 5.41) is 0. The number of carbonyl (C=O) groups is 1. The van der Waals surface area contributed by atoms with Crippen LogP contribution in [0.1, 0.15) is 6.92 Å². The van der Waals surface area contributed by atoms with E-state index in [4.69, 9.17) is 0 Å². The summed E-state index contributed by atoms with van der Waals surface area (Å²) in [7, 11) is 0. The Balaban J connectivity index is 2.24. The molecular formula is C11H12O. The molecule has 12 heavy (non-hydrogen) atoms. The molecule has 0 aliphatic heterocycles. The van der Waals surface area contributed by atoms with E-state index in [-0.39, 0.29) is 11.7 Å². The van der Waals surface area contributed by atoms with Crippen molar-refractivity contribution in [2.45, 2.75) is 6.92 Å². The summed E-state index contributed by atoms with van der Waals surface area (Å²) in [4.78, 5) is 11.2. The normalized spacial score (nSPS) is 36.9. The van der Waals surface area contributed by atoms with Gasteiger partial charge in [-0.1, -0.05) is 36.5 Å². The highest BCUT2D eigenvalue weighted by atomic mass is 16.1. The van der Waals surface area contributed by atoms with E-state index in [9.17, 15) is 4.79 Å². The molecule has 0 saturated carbocycles. The van der Waals surface area contributed by atoms with Crippen molar-refractivity contribution in [2.75, 3.05) is 0 Å². The average Bonchev–Trinajstić information content (AvgIpc) is 2.47. The minimum absolute atomic E-state index is 0.121. The molecule has 0 heterocycles. The van der Waals surface area contributed by atoms with Crippen LogP contribution in [0.4, 0.5) is 0 Å². The van der Waals surface area contributed by atoms with Gasteiger partial charge in [-0.15, -0.1) is 0 Å². The SMILES string of the molecule is CC(=O)[C@@H]1C=C[C@@H]2C=CC=C[C@@H]21. The summed E-state index contributed by atoms with van der Waals surface area (Å²) in [6.07, 6.45) is 12.5. The largest absolute Gasteiger partial charge is 0.299 e. The number of Topliss-reactive ketones (excluding diaryl/α,β-unsaturated/α-hetero) is 1. The predicted octanol–water partition coefficient (Wildman–Crippen LogP) is 2.12. The molecule has 0 amide bonds. The molecule has 2 aliphatic carbocycles. The van der Waals surface area contributed by atoms with Crippen LogP contribution in [-0.2, 0) is 4.79 Å². The lowest BCUT2D eigenvalue weighted by Crippen LogP contribution is -2.19. The molecule has 1 nitrogen and oxygen atoms in total. The van der Waals surface area contributed by atoms with Crippen LogP contribution in [0.25, 0.3) is 0 Å². The average molecular weight is 160 g/mol. The zero-order chi connectivity index (χ0) is 8.55. The summed E-state index contributed by atoms with van der Waals surface area (Å²) in [5.41, 5.74) is 0. The van der Waals surface area contributed by atoms with Crippen molar-refractivity contribution in [3.05, 3.63) is 36.5 Å². The van der Waals surface area contributed by atoms with Gasteiger partial charge in [-0.25, -0.2) is 0 Å². The molecule has 3 atom stereocenters. The first-order valence-electron chi connectivity index (χ1n) is 4.33. The number of allylic oxidation sites excluding steroid dienone is 6. The van der Waals surface area contributed by atoms with Crippen LogP contribution in [0.2, 0.25) is 0 Å². The van der Waals surface area contributed by atoms with E-state index < -0.39 is 0 Å². The second-order valence-electron chi connectivity index (χ2n) is 3.45. The van der Waals surface area contributed by atoms with E-state index in [1.54, 1.807) is 6.92 Å². The van der Waals surface area contributed by atoms with Gasteiger partial charge in [0.05, 0.1) is 0 Å². The van der Waals surface area contributed by atoms with Gasteiger partial charge in [0.2, 0.25) is 0 Å². The van der Waals surface area contributed by atoms with Gasteiger partial charge >= 0.3 is 0 Å². The Bertz CT molecular complexity index is 283. The molecule has 62 valence electrons. The summed E-state index contributed by atoms with van der Waals surface area (Å²) in [5.74, 6) is 1.26. The van der Waals surface area contributed by atoms with Crippen LogP contribution in [-0.4, -0.2) is 5.78 Å². The lowest BCUT2D eigenvalue weighted by molar-refractivity contribution is -0.120. The highest BCUT2D eigenvalue weighted by molar-refractivity contribution is 5.81. The van der Waals surface area contributed by atoms with E-state index in [0.29, 0.717) is 11.8 Å². The molecule has 2 aliphatic rings. The highest BCUT2D eigenvalue weighted by Gasteiger charge is 2.31. The maximum atomic E-state index is 11.2. The molecule has 1 heteroatoms. The van der Waals surface area contributed by atoms with Crippen molar-refractivity contribution < 1.29 is 4.79 Å². The van der Waals surface area contributed by atoms with Gasteiger partial charge in [0, 0.05) is 11.8 Å². The Kier molecular flexibility index (Phi) is 1.72. The maximum Gasteiger partial charge on any atom is 0.137 e. The number of carbonyl (C=O) groups excluding carboxylic acids is 1. The zero-order valence-corrected chi connectivity index (χ0v) is 7.10. The van der Waals surface area contributed by atoms with Crippen LogP contribution in [0, 0.1) is 17.8 Å². The van der Waals surface area contributed by atoms with Gasteiger partial charge in [-0.3, -0.25) is 4.79 Å². The molecule has 0 bridgehead atoms. The summed E-state index contributed by atoms with van der Waals surface area (Å²) >= 11 is 0. The van der Waals surface area contributed by atoms with Crippen LogP contribution in [0.3, 0.4) is 0 Å². The molecule has 0 unspecified atom stereocenters. The first-order chi connectivity index (χ1) is 5.79. The van der Waals surface area contributed by atoms with Crippen molar-refractivity contribution in [1.82, 2.24) is 0 Å². The molecule has 0 saturated heterocycles. The molecule has 0 aromatic heterocycles. The fourth-order valence-electron chi connectivity index (χ4n) is 1.98. The molecule has 0 spiro atoms. The summed E-state index contributed by atoms with van der Waals surface area (Å²) in [6, 6.07) is 0. The third kappa shape index (κ3) is 1.06. The Morgan fingerprint density at radius 1 is 1.08 bits per heavy atom. The summed E-state index contributed by atoms with van der Waals surface area (Å²) < 4.78 is 0. The first-order valence-corrected chi connectivity index (χ1v) is 4.33. The van der Waals surface area contributed by atoms with Crippen molar-refractivity contribution >= 4 is 5.78 Å². The van der Waals surface area contributed by atoms with Crippen LogP contribution in [0.15, 0.2) is 36.5 Å². The second kappa shape index (κ2) is 2.74. The second-order valence-corrected chi connectivity index (χ2v) is 3.45. The van der Waals surface area contributed by atoms with E-state index >= 15 is 0 Å². The van der Waals surface area contributed by atoms with Crippen LogP contribution in [0.5, 0.6) is 0 Å². The lowest BCUT2D eigenvalue weighted by atomic mass is 9.83. The van der Waals surface area contributed by atoms with Crippen molar-refractivity contribution in [3.8, 4) is 0 Å². The number of ketones is 1. The van der Waals surface area contributed by atoms with Gasteiger partial charge in [-0.2, -0.15) is 0 Å². The Hall–Kier alpha value is -1.11. The number of rotatable bonds is 1. The molecule has 0 aromatic rings. The van der Waals surface area contributed by atoms with Crippen LogP contribution >= 0.6 is 0 Å². The van der Waals surface area contributed by atoms with Gasteiger partial charge in [-0.05, 0) is 12.8 Å². The first kappa shape index (κ1) is 7.53. The zero-order valence-electron chi connectivity index (χ0n) is 7.10. The fraction of sp³-hybridized carbons (Fsp3) is 0.364. The van der Waals surface area contributed by atoms with Crippen LogP contribution < -0.4 is 0 Å². The minimum atomic E-state index is 0.121. The van der Waals surface area contributed by atoms with Crippen molar-refractivity contribution in [1.29, 1.82) is 0 Å². The minimum Gasteiger partial charge on any atom is -0.299 e. The van der Waals surface area contributed by atoms with Gasteiger partial charge in [0.25, 0.3) is 0 Å². The van der Waals surface area contributed by atoms with E-state index in [0.717, 1.165) is 0 Å². The molecule has 2 rings (SSSR count). The fourth-order valence-corrected chi connectivity index (χ4v) is 1.98. The number of hydrogen-bond donors (Lipinski definition) is 0. The van der Waals surface area contributed by atoms with E-state index in [2.05, 4.69) is 18.2 Å². The lowest BCUT2D eigenvalue weighted by Gasteiger charge is -2.19. The smallest absolute Gasteiger partial charge is 0.137 e. The Labute approximate surface area is 72.5 Å². The molecular weight excluding hydrogens is 148 g/mol. The van der Waals surface area contributed by atoms with E-state index in [1.165, 1.54) is 0 Å².